The van der Waals surface area contributed by atoms with Gasteiger partial charge < -0.3 is 14.5 Å². The SMILES string of the molecule is CC(C)c1cccc(C(C)C)c1-c1ccc2c(c1)N(c1cc(-c3ccccc3)cc(C(C)(C)c3ccccc3)c1)CN2c1cc(Oc2ccc3c4ccccc4n(-c4cc(C(C)(C)C)ccn4)c3c2)cc(C(C)(C)c2ccccc2)c1. The number of hydrogen-bond acceptors (Lipinski definition) is 4. The fourth-order valence-electron chi connectivity index (χ4n) is 12.3. The van der Waals surface area contributed by atoms with E-state index in [1.165, 1.54) is 61.0 Å². The van der Waals surface area contributed by atoms with Gasteiger partial charge in [0, 0.05) is 51.3 Å². The highest BCUT2D eigenvalue weighted by atomic mass is 16.5. The molecule has 0 saturated carbocycles. The molecule has 0 atom stereocenters. The van der Waals surface area contributed by atoms with Crippen molar-refractivity contribution in [3.63, 3.8) is 0 Å². The van der Waals surface area contributed by atoms with Gasteiger partial charge in [-0.15, -0.1) is 0 Å². The summed E-state index contributed by atoms with van der Waals surface area (Å²) < 4.78 is 9.55. The van der Waals surface area contributed by atoms with Crippen LogP contribution in [-0.4, -0.2) is 16.2 Å². The van der Waals surface area contributed by atoms with E-state index in [1.54, 1.807) is 0 Å². The molecule has 0 aliphatic carbocycles. The zero-order valence-corrected chi connectivity index (χ0v) is 48.9. The van der Waals surface area contributed by atoms with Crippen molar-refractivity contribution in [3.05, 3.63) is 264 Å². The van der Waals surface area contributed by atoms with Crippen LogP contribution in [0.15, 0.2) is 225 Å². The molecule has 404 valence electrons. The van der Waals surface area contributed by atoms with E-state index in [0.717, 1.165) is 62.0 Å². The van der Waals surface area contributed by atoms with E-state index in [4.69, 9.17) is 9.72 Å². The second-order valence-corrected chi connectivity index (χ2v) is 24.9. The quantitative estimate of drug-likeness (QED) is 0.115. The van der Waals surface area contributed by atoms with Gasteiger partial charge in [0.15, 0.2) is 0 Å². The van der Waals surface area contributed by atoms with Gasteiger partial charge in [0.25, 0.3) is 0 Å². The fraction of sp³-hybridized carbons (Fsp3) is 0.224. The Bertz CT molecular complexity index is 4080. The molecule has 0 saturated heterocycles. The van der Waals surface area contributed by atoms with Gasteiger partial charge in [-0.3, -0.25) is 4.57 Å². The molecule has 0 fully saturated rings. The normalized spacial score (nSPS) is 13.0. The number of aromatic nitrogens is 2. The molecular weight excluding hydrogens is 985 g/mol. The molecule has 0 unspecified atom stereocenters. The molecular formula is C76H74N4O. The minimum Gasteiger partial charge on any atom is -0.457 e. The van der Waals surface area contributed by atoms with E-state index in [-0.39, 0.29) is 16.2 Å². The predicted molar refractivity (Wildman–Crippen MR) is 342 cm³/mol. The van der Waals surface area contributed by atoms with Gasteiger partial charge in [0.1, 0.15) is 24.0 Å². The number of ether oxygens (including phenoxy) is 1. The van der Waals surface area contributed by atoms with Crippen molar-refractivity contribution in [2.24, 2.45) is 0 Å². The molecule has 0 spiro atoms. The smallest absolute Gasteiger partial charge is 0.137 e. The predicted octanol–water partition coefficient (Wildman–Crippen LogP) is 20.7. The Labute approximate surface area is 480 Å². The molecule has 1 aliphatic heterocycles. The summed E-state index contributed by atoms with van der Waals surface area (Å²) in [6, 6.07) is 80.4. The van der Waals surface area contributed by atoms with E-state index >= 15 is 0 Å². The molecule has 0 amide bonds. The highest BCUT2D eigenvalue weighted by Crippen LogP contribution is 2.51. The third kappa shape index (κ3) is 9.88. The highest BCUT2D eigenvalue weighted by Gasteiger charge is 2.34. The Hall–Kier alpha value is -8.67. The summed E-state index contributed by atoms with van der Waals surface area (Å²) in [5, 5.41) is 2.33. The minimum absolute atomic E-state index is 0.0406. The van der Waals surface area contributed by atoms with Crippen LogP contribution in [-0.2, 0) is 16.2 Å². The molecule has 2 aromatic heterocycles. The third-order valence-corrected chi connectivity index (χ3v) is 17.2. The summed E-state index contributed by atoms with van der Waals surface area (Å²) in [6.45, 7) is 26.0. The standard InChI is InChI=1S/C76H74N4O/c1-50(2)64-31-23-32-65(51(3)4)73(64)53-34-37-69-71(42-53)79(60-41-54(52-24-15-12-16-25-52)40-58(43-60)75(8,9)55-26-17-13-18-27-55)49-78(69)61-44-59(76(10,11)56-28-19-14-20-29-56)45-63(47-61)81-62-35-36-67-66-30-21-22-33-68(66)80(70(67)48-62)72-46-57(38-39-77-72)74(5,6)7/h12-48,50-51H,49H2,1-11H3. The minimum atomic E-state index is -0.378. The van der Waals surface area contributed by atoms with Crippen molar-refractivity contribution < 1.29 is 4.74 Å². The number of benzene rings is 9. The molecule has 11 aromatic rings. The topological polar surface area (TPSA) is 33.5 Å². The average molecular weight is 1060 g/mol. The van der Waals surface area contributed by atoms with Gasteiger partial charge in [-0.25, -0.2) is 4.98 Å². The Balaban J connectivity index is 1.05. The van der Waals surface area contributed by atoms with Crippen LogP contribution in [0.1, 0.15) is 127 Å². The molecule has 81 heavy (non-hydrogen) atoms. The summed E-state index contributed by atoms with van der Waals surface area (Å²) in [4.78, 5) is 10.0. The van der Waals surface area contributed by atoms with Crippen LogP contribution in [0.2, 0.25) is 0 Å². The molecule has 0 bridgehead atoms. The van der Waals surface area contributed by atoms with E-state index < -0.39 is 0 Å². The second kappa shape index (κ2) is 20.8. The molecule has 0 N–H and O–H groups in total. The Morgan fingerprint density at radius 2 is 0.988 bits per heavy atom. The second-order valence-electron chi connectivity index (χ2n) is 24.9. The van der Waals surface area contributed by atoms with Crippen molar-refractivity contribution >= 4 is 44.6 Å². The fourth-order valence-corrected chi connectivity index (χ4v) is 12.3. The van der Waals surface area contributed by atoms with Crippen molar-refractivity contribution in [2.45, 2.75) is 104 Å². The Morgan fingerprint density at radius 1 is 0.407 bits per heavy atom. The summed E-state index contributed by atoms with van der Waals surface area (Å²) in [5.74, 6) is 3.10. The first-order chi connectivity index (χ1) is 38.9. The lowest BCUT2D eigenvalue weighted by atomic mass is 9.77. The number of nitrogens with zero attached hydrogens (tertiary/aromatic N) is 4. The van der Waals surface area contributed by atoms with Crippen LogP contribution in [0.25, 0.3) is 49.9 Å². The van der Waals surface area contributed by atoms with Gasteiger partial charge in [0.2, 0.25) is 0 Å². The first-order valence-corrected chi connectivity index (χ1v) is 28.9. The molecule has 1 aliphatic rings. The van der Waals surface area contributed by atoms with Crippen LogP contribution in [0.4, 0.5) is 22.7 Å². The summed E-state index contributed by atoms with van der Waals surface area (Å²) in [6.07, 6.45) is 1.94. The van der Waals surface area contributed by atoms with Crippen LogP contribution < -0.4 is 14.5 Å². The van der Waals surface area contributed by atoms with Crippen LogP contribution >= 0.6 is 0 Å². The van der Waals surface area contributed by atoms with Crippen molar-refractivity contribution in [1.82, 2.24) is 9.55 Å². The monoisotopic (exact) mass is 1060 g/mol. The lowest BCUT2D eigenvalue weighted by Gasteiger charge is -2.30. The van der Waals surface area contributed by atoms with Crippen molar-refractivity contribution in [1.29, 1.82) is 0 Å². The summed E-state index contributed by atoms with van der Waals surface area (Å²) in [5.41, 5.74) is 19.7. The molecule has 5 nitrogen and oxygen atoms in total. The van der Waals surface area contributed by atoms with Crippen LogP contribution in [0.3, 0.4) is 0 Å². The maximum atomic E-state index is 7.26. The van der Waals surface area contributed by atoms with Gasteiger partial charge in [-0.1, -0.05) is 216 Å². The van der Waals surface area contributed by atoms with Gasteiger partial charge in [-0.05, 0) is 145 Å². The van der Waals surface area contributed by atoms with Crippen molar-refractivity contribution in [2.75, 3.05) is 16.5 Å². The molecule has 0 radical (unpaired) electrons. The number of rotatable bonds is 13. The first kappa shape index (κ1) is 53.0. The van der Waals surface area contributed by atoms with E-state index in [1.807, 2.05) is 6.20 Å². The lowest BCUT2D eigenvalue weighted by molar-refractivity contribution is 0.480. The van der Waals surface area contributed by atoms with Gasteiger partial charge >= 0.3 is 0 Å². The summed E-state index contributed by atoms with van der Waals surface area (Å²) >= 11 is 0. The zero-order valence-electron chi connectivity index (χ0n) is 48.9. The number of anilines is 4. The maximum absolute atomic E-state index is 7.26. The number of fused-ring (bicyclic) bond motifs is 4. The lowest BCUT2D eigenvalue weighted by Crippen LogP contribution is -2.26. The van der Waals surface area contributed by atoms with E-state index in [0.29, 0.717) is 18.5 Å². The Kier molecular flexibility index (Phi) is 13.6. The largest absolute Gasteiger partial charge is 0.457 e. The summed E-state index contributed by atoms with van der Waals surface area (Å²) in [7, 11) is 0. The molecule has 9 aromatic carbocycles. The number of pyridine rings is 1. The van der Waals surface area contributed by atoms with Gasteiger partial charge in [0.05, 0.1) is 22.4 Å². The zero-order chi connectivity index (χ0) is 56.4. The van der Waals surface area contributed by atoms with E-state index in [9.17, 15) is 0 Å². The number of hydrogen-bond donors (Lipinski definition) is 0. The highest BCUT2D eigenvalue weighted by molar-refractivity contribution is 6.09. The number of para-hydroxylation sites is 1. The molecule has 12 rings (SSSR count). The first-order valence-electron chi connectivity index (χ1n) is 28.9. The van der Waals surface area contributed by atoms with E-state index in [2.05, 4.69) is 309 Å². The third-order valence-electron chi connectivity index (χ3n) is 17.2. The van der Waals surface area contributed by atoms with Crippen LogP contribution in [0.5, 0.6) is 11.5 Å². The van der Waals surface area contributed by atoms with Crippen LogP contribution in [0, 0.1) is 0 Å². The maximum Gasteiger partial charge on any atom is 0.137 e. The average Bonchev–Trinajstić information content (AvgIpc) is 4.25. The Morgan fingerprint density at radius 3 is 1.63 bits per heavy atom. The van der Waals surface area contributed by atoms with Crippen molar-refractivity contribution in [3.8, 4) is 39.6 Å². The van der Waals surface area contributed by atoms with Gasteiger partial charge in [-0.2, -0.15) is 0 Å². The molecule has 3 heterocycles. The molecule has 5 heteroatoms.